The highest BCUT2D eigenvalue weighted by molar-refractivity contribution is 5.85. The zero-order chi connectivity index (χ0) is 13.6. The molecule has 0 saturated heterocycles. The summed E-state index contributed by atoms with van der Waals surface area (Å²) in [7, 11) is 2.00. The van der Waals surface area contributed by atoms with E-state index in [4.69, 9.17) is 4.98 Å². The maximum atomic E-state index is 4.77. The van der Waals surface area contributed by atoms with Gasteiger partial charge in [-0.25, -0.2) is 14.5 Å². The van der Waals surface area contributed by atoms with E-state index < -0.39 is 0 Å². The molecule has 0 bridgehead atoms. The molecule has 0 amide bonds. The van der Waals surface area contributed by atoms with E-state index >= 15 is 0 Å². The van der Waals surface area contributed by atoms with Gasteiger partial charge in [-0.2, -0.15) is 0 Å². The lowest BCUT2D eigenvalue weighted by atomic mass is 10.1. The Morgan fingerprint density at radius 3 is 2.32 bits per heavy atom. The van der Waals surface area contributed by atoms with E-state index in [0.29, 0.717) is 0 Å². The molecule has 0 atom stereocenters. The summed E-state index contributed by atoms with van der Waals surface area (Å²) in [6.45, 7) is 6.32. The third-order valence-electron chi connectivity index (χ3n) is 3.65. The average Bonchev–Trinajstić information content (AvgIpc) is 2.38. The molecule has 0 spiro atoms. The third-order valence-corrected chi connectivity index (χ3v) is 3.65. The highest BCUT2D eigenvalue weighted by atomic mass is 15.0. The summed E-state index contributed by atoms with van der Waals surface area (Å²) in [5, 5.41) is 0. The molecule has 0 fully saturated rings. The quantitative estimate of drug-likeness (QED) is 0.493. The molecule has 2 heterocycles. The van der Waals surface area contributed by atoms with Crippen LogP contribution in [0.1, 0.15) is 23.7 Å². The maximum absolute atomic E-state index is 4.77. The standard InChI is InChI=1S/C15H17N4/c1-5-13-14-15(16-8-19(13)4)18-12-7-10(3)9(2)6-11(12)17-14/h6-8H,5H2,1-4H3/q+1. The van der Waals surface area contributed by atoms with Gasteiger partial charge in [0.15, 0.2) is 5.52 Å². The summed E-state index contributed by atoms with van der Waals surface area (Å²) in [5.41, 5.74) is 7.13. The predicted molar refractivity (Wildman–Crippen MR) is 74.9 cm³/mol. The second kappa shape index (κ2) is 4.23. The molecule has 0 aliphatic rings. The van der Waals surface area contributed by atoms with Crippen LogP contribution in [0, 0.1) is 13.8 Å². The van der Waals surface area contributed by atoms with E-state index in [-0.39, 0.29) is 0 Å². The number of nitrogens with zero attached hydrogens (tertiary/aromatic N) is 4. The van der Waals surface area contributed by atoms with E-state index in [2.05, 4.69) is 42.9 Å². The highest BCUT2D eigenvalue weighted by Gasteiger charge is 2.15. The summed E-state index contributed by atoms with van der Waals surface area (Å²) in [6.07, 6.45) is 2.73. The molecule has 1 aromatic carbocycles. The zero-order valence-corrected chi connectivity index (χ0v) is 11.7. The average molecular weight is 253 g/mol. The van der Waals surface area contributed by atoms with E-state index in [9.17, 15) is 0 Å². The Morgan fingerprint density at radius 2 is 1.68 bits per heavy atom. The van der Waals surface area contributed by atoms with Crippen molar-refractivity contribution in [2.75, 3.05) is 0 Å². The van der Waals surface area contributed by atoms with Gasteiger partial charge in [0.25, 0.3) is 12.0 Å². The fraction of sp³-hybridized carbons (Fsp3) is 0.333. The van der Waals surface area contributed by atoms with Crippen molar-refractivity contribution in [1.29, 1.82) is 0 Å². The lowest BCUT2D eigenvalue weighted by Crippen LogP contribution is -2.34. The third kappa shape index (κ3) is 1.84. The van der Waals surface area contributed by atoms with Crippen LogP contribution in [0.25, 0.3) is 22.2 Å². The minimum Gasteiger partial charge on any atom is -0.236 e. The first-order chi connectivity index (χ1) is 9.10. The molecule has 4 heteroatoms. The minimum absolute atomic E-state index is 0.728. The highest BCUT2D eigenvalue weighted by Crippen LogP contribution is 2.19. The fourth-order valence-corrected chi connectivity index (χ4v) is 2.38. The Balaban J connectivity index is 2.45. The lowest BCUT2D eigenvalue weighted by Gasteiger charge is -2.05. The molecule has 19 heavy (non-hydrogen) atoms. The molecule has 4 nitrogen and oxygen atoms in total. The first-order valence-electron chi connectivity index (χ1n) is 6.52. The van der Waals surface area contributed by atoms with E-state index in [1.165, 1.54) is 11.1 Å². The van der Waals surface area contributed by atoms with Gasteiger partial charge in [-0.1, -0.05) is 6.92 Å². The number of benzene rings is 1. The first kappa shape index (κ1) is 12.0. The summed E-state index contributed by atoms with van der Waals surface area (Å²) >= 11 is 0. The van der Waals surface area contributed by atoms with Gasteiger partial charge < -0.3 is 0 Å². The van der Waals surface area contributed by atoms with Crippen LogP contribution in [0.3, 0.4) is 0 Å². The largest absolute Gasteiger partial charge is 0.296 e. The van der Waals surface area contributed by atoms with Crippen molar-refractivity contribution in [1.82, 2.24) is 15.0 Å². The summed E-state index contributed by atoms with van der Waals surface area (Å²) < 4.78 is 2.02. The summed E-state index contributed by atoms with van der Waals surface area (Å²) in [5.74, 6) is 0. The fourth-order valence-electron chi connectivity index (χ4n) is 2.38. The second-order valence-electron chi connectivity index (χ2n) is 4.98. The van der Waals surface area contributed by atoms with Crippen LogP contribution in [0.5, 0.6) is 0 Å². The van der Waals surface area contributed by atoms with Gasteiger partial charge in [0.2, 0.25) is 0 Å². The number of aromatic nitrogens is 4. The predicted octanol–water partition coefficient (Wildman–Crippen LogP) is 2.18. The Labute approximate surface area is 112 Å². The summed E-state index contributed by atoms with van der Waals surface area (Å²) in [6, 6.07) is 4.18. The van der Waals surface area contributed by atoms with Gasteiger partial charge in [-0.05, 0) is 42.1 Å². The maximum Gasteiger partial charge on any atom is 0.296 e. The first-order valence-corrected chi connectivity index (χ1v) is 6.52. The minimum atomic E-state index is 0.728. The van der Waals surface area contributed by atoms with Crippen molar-refractivity contribution < 1.29 is 4.57 Å². The van der Waals surface area contributed by atoms with E-state index in [0.717, 1.165) is 34.3 Å². The number of fused-ring (bicyclic) bond motifs is 2. The van der Waals surface area contributed by atoms with Crippen molar-refractivity contribution >= 4 is 22.2 Å². The molecule has 3 aromatic rings. The van der Waals surface area contributed by atoms with Crippen LogP contribution >= 0.6 is 0 Å². The number of aryl methyl sites for hydroxylation is 4. The lowest BCUT2D eigenvalue weighted by molar-refractivity contribution is -0.680. The molecule has 2 aromatic heterocycles. The topological polar surface area (TPSA) is 42.6 Å². The molecule has 3 rings (SSSR count). The van der Waals surface area contributed by atoms with Crippen LogP contribution in [0.15, 0.2) is 18.5 Å². The Morgan fingerprint density at radius 1 is 1.05 bits per heavy atom. The van der Waals surface area contributed by atoms with Crippen LogP contribution in [-0.4, -0.2) is 15.0 Å². The van der Waals surface area contributed by atoms with Gasteiger partial charge in [0, 0.05) is 6.42 Å². The molecule has 96 valence electrons. The van der Waals surface area contributed by atoms with Gasteiger partial charge in [-0.3, -0.25) is 0 Å². The van der Waals surface area contributed by atoms with Crippen LogP contribution in [0.2, 0.25) is 0 Å². The van der Waals surface area contributed by atoms with Crippen molar-refractivity contribution in [3.63, 3.8) is 0 Å². The Hall–Kier alpha value is -2.10. The van der Waals surface area contributed by atoms with Gasteiger partial charge in [0.05, 0.1) is 18.1 Å². The van der Waals surface area contributed by atoms with Crippen LogP contribution in [0.4, 0.5) is 0 Å². The van der Waals surface area contributed by atoms with Crippen LogP contribution < -0.4 is 4.57 Å². The van der Waals surface area contributed by atoms with Crippen molar-refractivity contribution in [3.8, 4) is 0 Å². The van der Waals surface area contributed by atoms with Gasteiger partial charge in [-0.15, -0.1) is 0 Å². The SMILES string of the molecule is CCc1c2nc3cc(C)c(C)cc3nc2nc[n+]1C. The Kier molecular flexibility index (Phi) is 2.66. The molecule has 0 N–H and O–H groups in total. The molecule has 0 aliphatic heterocycles. The van der Waals surface area contributed by atoms with E-state index in [1.54, 1.807) is 0 Å². The van der Waals surface area contributed by atoms with Crippen molar-refractivity contribution in [2.45, 2.75) is 27.2 Å². The number of hydrogen-bond acceptors (Lipinski definition) is 3. The smallest absolute Gasteiger partial charge is 0.236 e. The van der Waals surface area contributed by atoms with Gasteiger partial charge in [0.1, 0.15) is 5.69 Å². The van der Waals surface area contributed by atoms with Crippen LogP contribution in [-0.2, 0) is 13.5 Å². The van der Waals surface area contributed by atoms with E-state index in [1.807, 2.05) is 17.9 Å². The monoisotopic (exact) mass is 253 g/mol. The molecule has 0 unspecified atom stereocenters. The second-order valence-corrected chi connectivity index (χ2v) is 4.98. The van der Waals surface area contributed by atoms with Gasteiger partial charge >= 0.3 is 0 Å². The molecular formula is C15H17N4+. The normalized spacial score (nSPS) is 11.4. The van der Waals surface area contributed by atoms with Crippen molar-refractivity contribution in [2.24, 2.45) is 7.05 Å². The van der Waals surface area contributed by atoms with Crippen molar-refractivity contribution in [3.05, 3.63) is 35.3 Å². The molecule has 0 aliphatic carbocycles. The number of rotatable bonds is 1. The number of hydrogen-bond donors (Lipinski definition) is 0. The molecule has 0 saturated carbocycles. The zero-order valence-electron chi connectivity index (χ0n) is 11.7. The molecule has 0 radical (unpaired) electrons. The summed E-state index contributed by atoms with van der Waals surface area (Å²) in [4.78, 5) is 13.8. The molecular weight excluding hydrogens is 236 g/mol. The Bertz CT molecular complexity index is 793.